The number of hydrogen-bond donors (Lipinski definition) is 1. The number of methoxy groups -OCH3 is 1. The molecule has 1 fully saturated rings. The van der Waals surface area contributed by atoms with E-state index in [2.05, 4.69) is 16.9 Å². The fourth-order valence-electron chi connectivity index (χ4n) is 1.56. The van der Waals surface area contributed by atoms with Crippen molar-refractivity contribution in [3.05, 3.63) is 17.7 Å². The van der Waals surface area contributed by atoms with Crippen LogP contribution in [0, 0.1) is 0 Å². The van der Waals surface area contributed by atoms with Crippen molar-refractivity contribution in [2.45, 2.75) is 31.6 Å². The minimum absolute atomic E-state index is 0.223. The lowest BCUT2D eigenvalue weighted by molar-refractivity contribution is 0.399. The van der Waals surface area contributed by atoms with E-state index in [1.807, 2.05) is 0 Å². The van der Waals surface area contributed by atoms with E-state index in [0.29, 0.717) is 12.5 Å². The Morgan fingerprint density at radius 3 is 2.87 bits per heavy atom. The third-order valence-corrected chi connectivity index (χ3v) is 2.78. The summed E-state index contributed by atoms with van der Waals surface area (Å²) in [6.07, 6.45) is 4.19. The lowest BCUT2D eigenvalue weighted by atomic mass is 10.1. The highest BCUT2D eigenvalue weighted by molar-refractivity contribution is 5.29. The fraction of sp³-hybridized carbons (Fsp3) is 0.636. The first-order chi connectivity index (χ1) is 7.26. The second-order valence-corrected chi connectivity index (χ2v) is 4.09. The average molecular weight is 207 g/mol. The summed E-state index contributed by atoms with van der Waals surface area (Å²) in [5.41, 5.74) is 6.60. The quantitative estimate of drug-likeness (QED) is 0.811. The first-order valence-electron chi connectivity index (χ1n) is 5.37. The van der Waals surface area contributed by atoms with Gasteiger partial charge in [-0.3, -0.25) is 0 Å². The molecule has 2 rings (SSSR count). The van der Waals surface area contributed by atoms with E-state index in [-0.39, 0.29) is 5.92 Å². The molecular weight excluding hydrogens is 190 g/mol. The summed E-state index contributed by atoms with van der Waals surface area (Å²) in [5, 5.41) is 0. The molecule has 1 saturated carbocycles. The molecule has 1 aromatic heterocycles. The van der Waals surface area contributed by atoms with Gasteiger partial charge in [-0.25, -0.2) is 9.97 Å². The normalized spacial score (nSPS) is 17.5. The molecule has 0 radical (unpaired) electrons. The lowest BCUT2D eigenvalue weighted by Gasteiger charge is -2.13. The number of hydrogen-bond acceptors (Lipinski definition) is 4. The number of nitrogens with two attached hydrogens (primary N) is 1. The van der Waals surface area contributed by atoms with Gasteiger partial charge in [-0.1, -0.05) is 6.92 Å². The van der Waals surface area contributed by atoms with Crippen LogP contribution in [0.4, 0.5) is 0 Å². The van der Waals surface area contributed by atoms with E-state index in [9.17, 15) is 0 Å². The van der Waals surface area contributed by atoms with Crippen molar-refractivity contribution < 1.29 is 4.74 Å². The molecule has 0 bridgehead atoms. The van der Waals surface area contributed by atoms with Crippen LogP contribution >= 0.6 is 0 Å². The Balaban J connectivity index is 2.33. The van der Waals surface area contributed by atoms with Crippen molar-refractivity contribution in [1.29, 1.82) is 0 Å². The Morgan fingerprint density at radius 1 is 1.60 bits per heavy atom. The Hall–Kier alpha value is -1.16. The van der Waals surface area contributed by atoms with Gasteiger partial charge in [-0.05, 0) is 12.8 Å². The third kappa shape index (κ3) is 2.09. The van der Waals surface area contributed by atoms with Crippen molar-refractivity contribution in [3.8, 4) is 5.75 Å². The summed E-state index contributed by atoms with van der Waals surface area (Å²) in [6, 6.07) is 0. The van der Waals surface area contributed by atoms with Crippen LogP contribution in [-0.4, -0.2) is 23.6 Å². The molecule has 0 saturated heterocycles. The largest absolute Gasteiger partial charge is 0.493 e. The zero-order chi connectivity index (χ0) is 10.8. The topological polar surface area (TPSA) is 61.0 Å². The van der Waals surface area contributed by atoms with E-state index in [1.165, 1.54) is 12.8 Å². The molecule has 0 amide bonds. The molecule has 2 N–H and O–H groups in total. The summed E-state index contributed by atoms with van der Waals surface area (Å²) in [7, 11) is 1.64. The van der Waals surface area contributed by atoms with E-state index in [4.69, 9.17) is 10.5 Å². The monoisotopic (exact) mass is 207 g/mol. The predicted octanol–water partition coefficient (Wildman–Crippen LogP) is 1.42. The van der Waals surface area contributed by atoms with Crippen molar-refractivity contribution in [2.75, 3.05) is 13.7 Å². The molecule has 1 heterocycles. The molecule has 0 aliphatic heterocycles. The van der Waals surface area contributed by atoms with Gasteiger partial charge < -0.3 is 10.5 Å². The van der Waals surface area contributed by atoms with Crippen LogP contribution in [0.2, 0.25) is 0 Å². The van der Waals surface area contributed by atoms with Crippen LogP contribution in [0.25, 0.3) is 0 Å². The zero-order valence-corrected chi connectivity index (χ0v) is 9.23. The molecule has 1 aliphatic carbocycles. The van der Waals surface area contributed by atoms with Crippen molar-refractivity contribution in [1.82, 2.24) is 9.97 Å². The van der Waals surface area contributed by atoms with Gasteiger partial charge in [-0.15, -0.1) is 0 Å². The van der Waals surface area contributed by atoms with Crippen LogP contribution in [0.3, 0.4) is 0 Å². The van der Waals surface area contributed by atoms with Gasteiger partial charge in [0.1, 0.15) is 5.82 Å². The average Bonchev–Trinajstić information content (AvgIpc) is 3.11. The maximum atomic E-state index is 5.65. The third-order valence-electron chi connectivity index (χ3n) is 2.78. The Labute approximate surface area is 89.9 Å². The smallest absolute Gasteiger partial charge is 0.158 e. The first kappa shape index (κ1) is 10.4. The lowest BCUT2D eigenvalue weighted by Crippen LogP contribution is -2.13. The van der Waals surface area contributed by atoms with Gasteiger partial charge >= 0.3 is 0 Å². The maximum Gasteiger partial charge on any atom is 0.158 e. The van der Waals surface area contributed by atoms with Gasteiger partial charge in [0.2, 0.25) is 0 Å². The first-order valence-corrected chi connectivity index (χ1v) is 5.37. The molecule has 15 heavy (non-hydrogen) atoms. The molecule has 0 spiro atoms. The van der Waals surface area contributed by atoms with Gasteiger partial charge in [0, 0.05) is 18.4 Å². The van der Waals surface area contributed by atoms with Crippen LogP contribution in [-0.2, 0) is 0 Å². The summed E-state index contributed by atoms with van der Waals surface area (Å²) in [5.74, 6) is 2.49. The summed E-state index contributed by atoms with van der Waals surface area (Å²) in [6.45, 7) is 2.64. The molecule has 0 aromatic carbocycles. The highest BCUT2D eigenvalue weighted by Gasteiger charge is 2.27. The van der Waals surface area contributed by atoms with Gasteiger partial charge in [-0.2, -0.15) is 0 Å². The molecule has 1 atom stereocenters. The molecule has 82 valence electrons. The predicted molar refractivity (Wildman–Crippen MR) is 58.0 cm³/mol. The van der Waals surface area contributed by atoms with Gasteiger partial charge in [0.05, 0.1) is 19.0 Å². The van der Waals surface area contributed by atoms with E-state index >= 15 is 0 Å². The Kier molecular flexibility index (Phi) is 2.86. The molecular formula is C11H17N3O. The second kappa shape index (κ2) is 4.14. The van der Waals surface area contributed by atoms with Crippen LogP contribution < -0.4 is 10.5 Å². The molecule has 1 unspecified atom stereocenters. The molecule has 1 aliphatic rings. The SMILES string of the molecule is COc1cnc(C2CC2)nc1C(C)CN. The van der Waals surface area contributed by atoms with Crippen LogP contribution in [0.5, 0.6) is 5.75 Å². The standard InChI is InChI=1S/C11H17N3O/c1-7(5-12)10-9(15-2)6-13-11(14-10)8-3-4-8/h6-8H,3-5,12H2,1-2H3. The Bertz CT molecular complexity index is 350. The van der Waals surface area contributed by atoms with Crippen molar-refractivity contribution >= 4 is 0 Å². The van der Waals surface area contributed by atoms with Gasteiger partial charge in [0.25, 0.3) is 0 Å². The van der Waals surface area contributed by atoms with Crippen LogP contribution in [0.1, 0.15) is 43.1 Å². The minimum atomic E-state index is 0.223. The number of nitrogens with zero attached hydrogens (tertiary/aromatic N) is 2. The molecule has 1 aromatic rings. The summed E-state index contributed by atoms with van der Waals surface area (Å²) < 4.78 is 5.24. The number of ether oxygens (including phenoxy) is 1. The van der Waals surface area contributed by atoms with E-state index in [1.54, 1.807) is 13.3 Å². The Morgan fingerprint density at radius 2 is 2.33 bits per heavy atom. The maximum absolute atomic E-state index is 5.65. The minimum Gasteiger partial charge on any atom is -0.493 e. The summed E-state index contributed by atoms with van der Waals surface area (Å²) >= 11 is 0. The highest BCUT2D eigenvalue weighted by Crippen LogP contribution is 2.39. The van der Waals surface area contributed by atoms with Crippen molar-refractivity contribution in [2.24, 2.45) is 5.73 Å². The highest BCUT2D eigenvalue weighted by atomic mass is 16.5. The molecule has 4 nitrogen and oxygen atoms in total. The number of rotatable bonds is 4. The second-order valence-electron chi connectivity index (χ2n) is 4.09. The fourth-order valence-corrected chi connectivity index (χ4v) is 1.56. The van der Waals surface area contributed by atoms with Crippen molar-refractivity contribution in [3.63, 3.8) is 0 Å². The zero-order valence-electron chi connectivity index (χ0n) is 9.23. The molecule has 4 heteroatoms. The van der Waals surface area contributed by atoms with E-state index < -0.39 is 0 Å². The number of aromatic nitrogens is 2. The van der Waals surface area contributed by atoms with E-state index in [0.717, 1.165) is 17.3 Å². The van der Waals surface area contributed by atoms with Crippen LogP contribution in [0.15, 0.2) is 6.20 Å². The summed E-state index contributed by atoms with van der Waals surface area (Å²) in [4.78, 5) is 8.87. The van der Waals surface area contributed by atoms with Gasteiger partial charge in [0.15, 0.2) is 5.75 Å².